The van der Waals surface area contributed by atoms with Crippen molar-refractivity contribution in [2.75, 3.05) is 18.4 Å². The predicted octanol–water partition coefficient (Wildman–Crippen LogP) is 5.61. The number of pyridine rings is 1. The average molecular weight is 540 g/mol. The monoisotopic (exact) mass is 539 g/mol. The van der Waals surface area contributed by atoms with Crippen molar-refractivity contribution in [3.8, 4) is 22.5 Å². The summed E-state index contributed by atoms with van der Waals surface area (Å²) >= 11 is 6.63. The van der Waals surface area contributed by atoms with E-state index in [0.29, 0.717) is 51.6 Å². The standard InChI is InChI=1S/C29H26ClN7O2/c1-3-37-27-21(14-24(28(37)38)23-9-6-20(15-25(23)30)26-33-17(2)39-36-26)16-32-29(35-27)34-22-7-4-18(5-8-22)19-10-12-31-13-11-19/h4-10,14-16,31H,3,11-13H2,1-2H3,(H,32,34,35). The summed E-state index contributed by atoms with van der Waals surface area (Å²) in [5.41, 5.74) is 5.60. The third kappa shape index (κ3) is 4.94. The summed E-state index contributed by atoms with van der Waals surface area (Å²) in [6.45, 7) is 5.98. The Morgan fingerprint density at radius 1 is 1.08 bits per heavy atom. The highest BCUT2D eigenvalue weighted by Gasteiger charge is 2.17. The normalized spacial score (nSPS) is 13.5. The molecule has 39 heavy (non-hydrogen) atoms. The van der Waals surface area contributed by atoms with E-state index in [1.807, 2.05) is 25.1 Å². The molecule has 1 aliphatic rings. The molecule has 0 spiro atoms. The first kappa shape index (κ1) is 25.0. The number of aromatic nitrogens is 5. The summed E-state index contributed by atoms with van der Waals surface area (Å²) in [5, 5.41) is 11.7. The highest BCUT2D eigenvalue weighted by atomic mass is 35.5. The van der Waals surface area contributed by atoms with Gasteiger partial charge < -0.3 is 15.2 Å². The Bertz CT molecular complexity index is 1770. The van der Waals surface area contributed by atoms with Crippen molar-refractivity contribution >= 4 is 39.8 Å². The van der Waals surface area contributed by atoms with E-state index in [1.54, 1.807) is 35.9 Å². The minimum absolute atomic E-state index is 0.181. The zero-order chi connectivity index (χ0) is 26.9. The molecule has 0 unspecified atom stereocenters. The third-order valence-corrected chi connectivity index (χ3v) is 7.08. The summed E-state index contributed by atoms with van der Waals surface area (Å²) < 4.78 is 6.70. The second-order valence-corrected chi connectivity index (χ2v) is 9.70. The van der Waals surface area contributed by atoms with Gasteiger partial charge in [-0.2, -0.15) is 9.97 Å². The Labute approximate surface area is 229 Å². The first-order chi connectivity index (χ1) is 19.0. The van der Waals surface area contributed by atoms with Crippen molar-refractivity contribution in [3.63, 3.8) is 0 Å². The van der Waals surface area contributed by atoms with Gasteiger partial charge in [-0.25, -0.2) is 4.98 Å². The van der Waals surface area contributed by atoms with Crippen molar-refractivity contribution in [2.45, 2.75) is 26.8 Å². The van der Waals surface area contributed by atoms with Crippen molar-refractivity contribution < 1.29 is 4.52 Å². The number of halogens is 1. The molecule has 1 aliphatic heterocycles. The van der Waals surface area contributed by atoms with Gasteiger partial charge in [0, 0.05) is 59.0 Å². The van der Waals surface area contributed by atoms with Crippen molar-refractivity contribution in [3.05, 3.63) is 87.6 Å². The Hall–Kier alpha value is -4.34. The van der Waals surface area contributed by atoms with Crippen LogP contribution in [0.2, 0.25) is 5.02 Å². The molecule has 3 aromatic heterocycles. The van der Waals surface area contributed by atoms with Gasteiger partial charge in [-0.3, -0.25) is 9.36 Å². The molecule has 10 heteroatoms. The molecule has 4 heterocycles. The van der Waals surface area contributed by atoms with Gasteiger partial charge in [0.25, 0.3) is 5.56 Å². The van der Waals surface area contributed by atoms with Crippen LogP contribution in [-0.4, -0.2) is 37.8 Å². The molecule has 0 bridgehead atoms. The van der Waals surface area contributed by atoms with Gasteiger partial charge in [0.2, 0.25) is 17.7 Å². The molecule has 0 fully saturated rings. The largest absolute Gasteiger partial charge is 0.339 e. The first-order valence-corrected chi connectivity index (χ1v) is 13.2. The lowest BCUT2D eigenvalue weighted by Crippen LogP contribution is -2.22. The van der Waals surface area contributed by atoms with Gasteiger partial charge in [-0.15, -0.1) is 0 Å². The molecular formula is C29H26ClN7O2. The fourth-order valence-corrected chi connectivity index (χ4v) is 5.06. The predicted molar refractivity (Wildman–Crippen MR) is 153 cm³/mol. The maximum absolute atomic E-state index is 13.6. The Kier molecular flexibility index (Phi) is 6.68. The number of anilines is 2. The molecule has 0 saturated carbocycles. The summed E-state index contributed by atoms with van der Waals surface area (Å²) in [6.07, 6.45) is 4.97. The van der Waals surface area contributed by atoms with Crippen LogP contribution in [0.4, 0.5) is 11.6 Å². The molecule has 0 atom stereocenters. The smallest absolute Gasteiger partial charge is 0.260 e. The van der Waals surface area contributed by atoms with Crippen LogP contribution in [0.5, 0.6) is 0 Å². The Morgan fingerprint density at radius 2 is 1.90 bits per heavy atom. The van der Waals surface area contributed by atoms with Gasteiger partial charge in [0.05, 0.1) is 0 Å². The zero-order valence-corrected chi connectivity index (χ0v) is 22.3. The lowest BCUT2D eigenvalue weighted by atomic mass is 10.0. The van der Waals surface area contributed by atoms with E-state index in [4.69, 9.17) is 16.1 Å². The number of aryl methyl sites for hydroxylation is 2. The van der Waals surface area contributed by atoms with Crippen LogP contribution < -0.4 is 16.2 Å². The highest BCUT2D eigenvalue weighted by Crippen LogP contribution is 2.31. The van der Waals surface area contributed by atoms with Crippen molar-refractivity contribution in [1.82, 2.24) is 30.0 Å². The SMILES string of the molecule is CCn1c(=O)c(-c2ccc(-c3noc(C)n3)cc2Cl)cc2cnc(Nc3ccc(C4=CCNCC4)cc3)nc21. The summed E-state index contributed by atoms with van der Waals surface area (Å²) in [5.74, 6) is 1.33. The number of hydrogen-bond acceptors (Lipinski definition) is 8. The fourth-order valence-electron chi connectivity index (χ4n) is 4.78. The van der Waals surface area contributed by atoms with E-state index in [-0.39, 0.29) is 5.56 Å². The fraction of sp³-hybridized carbons (Fsp3) is 0.207. The molecule has 0 aliphatic carbocycles. The third-order valence-electron chi connectivity index (χ3n) is 6.76. The summed E-state index contributed by atoms with van der Waals surface area (Å²) in [7, 11) is 0. The first-order valence-electron chi connectivity index (χ1n) is 12.8. The number of hydrogen-bond donors (Lipinski definition) is 2. The van der Waals surface area contributed by atoms with E-state index < -0.39 is 0 Å². The second kappa shape index (κ2) is 10.4. The van der Waals surface area contributed by atoms with Crippen LogP contribution in [0.1, 0.15) is 24.8 Å². The maximum atomic E-state index is 13.6. The number of benzene rings is 2. The molecule has 196 valence electrons. The van der Waals surface area contributed by atoms with E-state index in [1.165, 1.54) is 11.1 Å². The summed E-state index contributed by atoms with van der Waals surface area (Å²) in [4.78, 5) is 27.0. The van der Waals surface area contributed by atoms with Crippen LogP contribution in [-0.2, 0) is 6.54 Å². The van der Waals surface area contributed by atoms with E-state index in [9.17, 15) is 4.79 Å². The number of nitrogens with one attached hydrogen (secondary N) is 2. The molecule has 2 aromatic carbocycles. The van der Waals surface area contributed by atoms with E-state index in [0.717, 1.165) is 30.6 Å². The minimum atomic E-state index is -0.181. The van der Waals surface area contributed by atoms with Crippen molar-refractivity contribution in [2.24, 2.45) is 0 Å². The number of fused-ring (bicyclic) bond motifs is 1. The van der Waals surface area contributed by atoms with Crippen LogP contribution in [0.15, 0.2) is 70.1 Å². The summed E-state index contributed by atoms with van der Waals surface area (Å²) in [6, 6.07) is 15.4. The molecular weight excluding hydrogens is 514 g/mol. The topological polar surface area (TPSA) is 111 Å². The molecule has 2 N–H and O–H groups in total. The number of nitrogens with zero attached hydrogens (tertiary/aromatic N) is 5. The van der Waals surface area contributed by atoms with Crippen LogP contribution >= 0.6 is 11.6 Å². The molecule has 5 aromatic rings. The molecule has 9 nitrogen and oxygen atoms in total. The highest BCUT2D eigenvalue weighted by molar-refractivity contribution is 6.33. The van der Waals surface area contributed by atoms with Gasteiger partial charge in [0.15, 0.2) is 0 Å². The molecule has 0 saturated heterocycles. The van der Waals surface area contributed by atoms with E-state index in [2.05, 4.69) is 49.0 Å². The molecule has 6 rings (SSSR count). The molecule has 0 radical (unpaired) electrons. The minimum Gasteiger partial charge on any atom is -0.339 e. The van der Waals surface area contributed by atoms with Crippen molar-refractivity contribution in [1.29, 1.82) is 0 Å². The van der Waals surface area contributed by atoms with Crippen LogP contribution in [0, 0.1) is 6.92 Å². The second-order valence-electron chi connectivity index (χ2n) is 9.30. The van der Waals surface area contributed by atoms with Gasteiger partial charge in [0.1, 0.15) is 5.65 Å². The van der Waals surface area contributed by atoms with Crippen LogP contribution in [0.25, 0.3) is 39.1 Å². The lowest BCUT2D eigenvalue weighted by Gasteiger charge is -2.15. The van der Waals surface area contributed by atoms with Crippen LogP contribution in [0.3, 0.4) is 0 Å². The van der Waals surface area contributed by atoms with Gasteiger partial charge >= 0.3 is 0 Å². The van der Waals surface area contributed by atoms with E-state index >= 15 is 0 Å². The number of rotatable bonds is 6. The van der Waals surface area contributed by atoms with Gasteiger partial charge in [-0.1, -0.05) is 47.1 Å². The maximum Gasteiger partial charge on any atom is 0.260 e. The Morgan fingerprint density at radius 3 is 2.59 bits per heavy atom. The lowest BCUT2D eigenvalue weighted by molar-refractivity contribution is 0.394. The quantitative estimate of drug-likeness (QED) is 0.286. The Balaban J connectivity index is 1.32. The zero-order valence-electron chi connectivity index (χ0n) is 21.5. The average Bonchev–Trinajstić information content (AvgIpc) is 3.40. The molecule has 0 amide bonds. The van der Waals surface area contributed by atoms with Gasteiger partial charge in [-0.05, 0) is 55.3 Å².